The van der Waals surface area contributed by atoms with Gasteiger partial charge in [-0.25, -0.2) is 4.39 Å². The van der Waals surface area contributed by atoms with Crippen molar-refractivity contribution in [2.75, 3.05) is 5.32 Å². The molecule has 0 radical (unpaired) electrons. The van der Waals surface area contributed by atoms with Crippen molar-refractivity contribution in [1.82, 2.24) is 0 Å². The van der Waals surface area contributed by atoms with Crippen molar-refractivity contribution in [1.29, 1.82) is 5.26 Å². The molecule has 3 aromatic carbocycles. The van der Waals surface area contributed by atoms with Gasteiger partial charge in [0.2, 0.25) is 0 Å². The number of nitrogens with one attached hydrogen (secondary N) is 1. The fourth-order valence-electron chi connectivity index (χ4n) is 3.04. The predicted octanol–water partition coefficient (Wildman–Crippen LogP) is 7.09. The smallest absolute Gasteiger partial charge is 0.266 e. The maximum Gasteiger partial charge on any atom is 0.266 e. The number of anilines is 1. The molecule has 0 atom stereocenters. The molecule has 0 heterocycles. The zero-order valence-corrected chi connectivity index (χ0v) is 20.6. The second-order valence-electron chi connectivity index (χ2n) is 7.17. The van der Waals surface area contributed by atoms with E-state index in [1.165, 1.54) is 18.2 Å². The maximum absolute atomic E-state index is 13.4. The molecule has 0 saturated heterocycles. The molecule has 0 spiro atoms. The predicted molar refractivity (Wildman–Crippen MR) is 131 cm³/mol. The SMILES string of the molecule is Cc1ccc(NC(=O)/C(C#N)=C/c2cc(Br)c(OCc3cccc(F)c3)c(Br)c2)c(C)c1. The molecule has 0 fully saturated rings. The third-order valence-corrected chi connectivity index (χ3v) is 5.78. The van der Waals surface area contributed by atoms with E-state index in [0.717, 1.165) is 11.1 Å². The molecular formula is C25H19Br2FN2O2. The van der Waals surface area contributed by atoms with Crippen molar-refractivity contribution >= 4 is 49.5 Å². The molecular weight excluding hydrogens is 539 g/mol. The number of benzene rings is 3. The Morgan fingerprint density at radius 3 is 2.47 bits per heavy atom. The molecule has 32 heavy (non-hydrogen) atoms. The number of halogens is 3. The summed E-state index contributed by atoms with van der Waals surface area (Å²) in [7, 11) is 0. The summed E-state index contributed by atoms with van der Waals surface area (Å²) in [6.45, 7) is 4.06. The summed E-state index contributed by atoms with van der Waals surface area (Å²) in [5.41, 5.74) is 3.96. The molecule has 4 nitrogen and oxygen atoms in total. The number of rotatable bonds is 6. The summed E-state index contributed by atoms with van der Waals surface area (Å²) in [6, 6.07) is 17.3. The number of ether oxygens (including phenoxy) is 1. The highest BCUT2D eigenvalue weighted by Crippen LogP contribution is 2.36. The van der Waals surface area contributed by atoms with Crippen molar-refractivity contribution < 1.29 is 13.9 Å². The van der Waals surface area contributed by atoms with Crippen LogP contribution in [-0.4, -0.2) is 5.91 Å². The number of carbonyl (C=O) groups is 1. The van der Waals surface area contributed by atoms with E-state index in [4.69, 9.17) is 4.74 Å². The average molecular weight is 558 g/mol. The molecule has 162 valence electrons. The van der Waals surface area contributed by atoms with Crippen LogP contribution < -0.4 is 10.1 Å². The van der Waals surface area contributed by atoms with E-state index in [0.29, 0.717) is 31.5 Å². The minimum absolute atomic E-state index is 0.0304. The summed E-state index contributed by atoms with van der Waals surface area (Å²) >= 11 is 6.93. The van der Waals surface area contributed by atoms with Gasteiger partial charge >= 0.3 is 0 Å². The molecule has 0 aromatic heterocycles. The van der Waals surface area contributed by atoms with Gasteiger partial charge in [0, 0.05) is 5.69 Å². The van der Waals surface area contributed by atoms with Crippen LogP contribution in [0.4, 0.5) is 10.1 Å². The third kappa shape index (κ3) is 6.06. The molecule has 0 saturated carbocycles. The molecule has 3 rings (SSSR count). The van der Waals surface area contributed by atoms with Crippen molar-refractivity contribution in [3.8, 4) is 11.8 Å². The molecule has 7 heteroatoms. The topological polar surface area (TPSA) is 62.1 Å². The van der Waals surface area contributed by atoms with Gasteiger partial charge in [0.1, 0.15) is 29.8 Å². The largest absolute Gasteiger partial charge is 0.487 e. The minimum Gasteiger partial charge on any atom is -0.487 e. The molecule has 3 aromatic rings. The molecule has 0 bridgehead atoms. The van der Waals surface area contributed by atoms with E-state index >= 15 is 0 Å². The van der Waals surface area contributed by atoms with Crippen LogP contribution in [0.1, 0.15) is 22.3 Å². The number of nitrogens with zero attached hydrogens (tertiary/aromatic N) is 1. The van der Waals surface area contributed by atoms with Crippen LogP contribution >= 0.6 is 31.9 Å². The Kier molecular flexibility index (Phi) is 7.84. The first-order chi connectivity index (χ1) is 15.3. The number of nitriles is 1. The number of carbonyl (C=O) groups excluding carboxylic acids is 1. The van der Waals surface area contributed by atoms with Crippen molar-refractivity contribution in [2.24, 2.45) is 0 Å². The zero-order chi connectivity index (χ0) is 23.3. The molecule has 0 aliphatic heterocycles. The Hall–Kier alpha value is -2.95. The summed E-state index contributed by atoms with van der Waals surface area (Å²) in [5, 5.41) is 12.3. The Balaban J connectivity index is 1.78. The lowest BCUT2D eigenvalue weighted by Crippen LogP contribution is -2.14. The fraction of sp³-hybridized carbons (Fsp3) is 0.120. The second-order valence-corrected chi connectivity index (χ2v) is 8.88. The van der Waals surface area contributed by atoms with Gasteiger partial charge < -0.3 is 10.1 Å². The summed E-state index contributed by atoms with van der Waals surface area (Å²) < 4.78 is 20.4. The van der Waals surface area contributed by atoms with Crippen LogP contribution in [0.25, 0.3) is 6.08 Å². The van der Waals surface area contributed by atoms with E-state index in [9.17, 15) is 14.4 Å². The Labute approximate surface area is 203 Å². The Bertz CT molecular complexity index is 1230. The number of hydrogen-bond donors (Lipinski definition) is 1. The van der Waals surface area contributed by atoms with Gasteiger partial charge in [-0.1, -0.05) is 29.8 Å². The van der Waals surface area contributed by atoms with Gasteiger partial charge in [0.25, 0.3) is 5.91 Å². The first-order valence-electron chi connectivity index (χ1n) is 9.63. The molecule has 0 aliphatic carbocycles. The zero-order valence-electron chi connectivity index (χ0n) is 17.4. The van der Waals surface area contributed by atoms with Crippen LogP contribution in [-0.2, 0) is 11.4 Å². The minimum atomic E-state index is -0.488. The van der Waals surface area contributed by atoms with Crippen LogP contribution in [0.3, 0.4) is 0 Å². The van der Waals surface area contributed by atoms with Gasteiger partial charge in [0.05, 0.1) is 8.95 Å². The fourth-order valence-corrected chi connectivity index (χ4v) is 4.49. The lowest BCUT2D eigenvalue weighted by molar-refractivity contribution is -0.112. The van der Waals surface area contributed by atoms with E-state index < -0.39 is 5.91 Å². The highest BCUT2D eigenvalue weighted by Gasteiger charge is 2.14. The van der Waals surface area contributed by atoms with Crippen molar-refractivity contribution in [2.45, 2.75) is 20.5 Å². The van der Waals surface area contributed by atoms with Gasteiger partial charge in [-0.3, -0.25) is 4.79 Å². The third-order valence-electron chi connectivity index (χ3n) is 4.60. The van der Waals surface area contributed by atoms with E-state index in [2.05, 4.69) is 37.2 Å². The lowest BCUT2D eigenvalue weighted by Gasteiger charge is -2.12. The van der Waals surface area contributed by atoms with Crippen LogP contribution in [0.2, 0.25) is 0 Å². The normalized spacial score (nSPS) is 11.1. The summed E-state index contributed by atoms with van der Waals surface area (Å²) in [6.07, 6.45) is 1.50. The number of hydrogen-bond acceptors (Lipinski definition) is 3. The first-order valence-corrected chi connectivity index (χ1v) is 11.2. The maximum atomic E-state index is 13.4. The molecule has 1 N–H and O–H groups in total. The van der Waals surface area contributed by atoms with Crippen molar-refractivity contribution in [3.63, 3.8) is 0 Å². The molecule has 0 aliphatic rings. The van der Waals surface area contributed by atoms with Gasteiger partial charge in [-0.15, -0.1) is 0 Å². The van der Waals surface area contributed by atoms with Gasteiger partial charge in [0.15, 0.2) is 0 Å². The van der Waals surface area contributed by atoms with Gasteiger partial charge in [-0.2, -0.15) is 5.26 Å². The quantitative estimate of drug-likeness (QED) is 0.260. The Morgan fingerprint density at radius 1 is 1.12 bits per heavy atom. The number of aryl methyl sites for hydroxylation is 2. The first kappa shape index (κ1) is 23.7. The van der Waals surface area contributed by atoms with E-state index in [-0.39, 0.29) is 18.0 Å². The summed E-state index contributed by atoms with van der Waals surface area (Å²) in [5.74, 6) is -0.282. The Morgan fingerprint density at radius 2 is 1.84 bits per heavy atom. The van der Waals surface area contributed by atoms with E-state index in [1.54, 1.807) is 24.3 Å². The van der Waals surface area contributed by atoms with Crippen molar-refractivity contribution in [3.05, 3.63) is 97.2 Å². The standard InChI is InChI=1S/C25H19Br2FN2O2/c1-15-6-7-23(16(2)8-15)30-25(31)19(13-29)9-18-11-21(26)24(22(27)12-18)32-14-17-4-3-5-20(28)10-17/h3-12H,14H2,1-2H3,(H,30,31)/b19-9+. The monoisotopic (exact) mass is 556 g/mol. The lowest BCUT2D eigenvalue weighted by atomic mass is 10.1. The molecule has 1 amide bonds. The highest BCUT2D eigenvalue weighted by atomic mass is 79.9. The highest BCUT2D eigenvalue weighted by molar-refractivity contribution is 9.11. The second kappa shape index (κ2) is 10.6. The van der Waals surface area contributed by atoms with Crippen LogP contribution in [0.15, 0.2) is 69.1 Å². The van der Waals surface area contributed by atoms with Gasteiger partial charge in [-0.05, 0) is 98.8 Å². The average Bonchev–Trinajstić information content (AvgIpc) is 2.73. The van der Waals surface area contributed by atoms with E-state index in [1.807, 2.05) is 38.1 Å². The summed E-state index contributed by atoms with van der Waals surface area (Å²) in [4.78, 5) is 12.6. The molecule has 0 unspecified atom stereocenters. The van der Waals surface area contributed by atoms with Crippen LogP contribution in [0.5, 0.6) is 5.75 Å². The van der Waals surface area contributed by atoms with Crippen LogP contribution in [0, 0.1) is 31.0 Å². The number of amides is 1.